The Kier molecular flexibility index (Phi) is 6.67. The number of hydrazone groups is 1. The van der Waals surface area contributed by atoms with E-state index in [1.165, 1.54) is 18.3 Å². The molecule has 0 saturated heterocycles. The molecule has 0 unspecified atom stereocenters. The molecule has 3 rings (SSSR count). The van der Waals surface area contributed by atoms with Crippen LogP contribution in [0.3, 0.4) is 0 Å². The number of nitro benzene ring substituents is 1. The molecule has 3 aromatic carbocycles. The molecule has 0 heterocycles. The van der Waals surface area contributed by atoms with Gasteiger partial charge in [0.05, 0.1) is 17.6 Å². The molecule has 0 spiro atoms. The summed E-state index contributed by atoms with van der Waals surface area (Å²) in [6, 6.07) is 23.0. The number of amides is 1. The minimum atomic E-state index is -0.481. The second-order valence-electron chi connectivity index (χ2n) is 6.21. The number of carbonyl (C=O) groups is 1. The summed E-state index contributed by atoms with van der Waals surface area (Å²) in [5, 5.41) is 14.6. The standard InChI is InChI=1S/C22H19N3O4/c26-22(14-17-10-12-20(13-11-17)25(27)28)24-23-15-19-8-4-5-9-21(19)29-16-18-6-2-1-3-7-18/h1-13,15H,14,16H2,(H,24,26)/b23-15+. The maximum atomic E-state index is 12.0. The molecule has 7 nitrogen and oxygen atoms in total. The molecule has 29 heavy (non-hydrogen) atoms. The summed E-state index contributed by atoms with van der Waals surface area (Å²) in [5.41, 5.74) is 4.89. The van der Waals surface area contributed by atoms with Crippen LogP contribution in [-0.2, 0) is 17.8 Å². The Morgan fingerprint density at radius 1 is 0.966 bits per heavy atom. The zero-order chi connectivity index (χ0) is 20.5. The molecule has 1 N–H and O–H groups in total. The first-order valence-corrected chi connectivity index (χ1v) is 8.93. The highest BCUT2D eigenvalue weighted by atomic mass is 16.6. The van der Waals surface area contributed by atoms with Crippen LogP contribution in [0.15, 0.2) is 84.0 Å². The lowest BCUT2D eigenvalue weighted by molar-refractivity contribution is -0.384. The summed E-state index contributed by atoms with van der Waals surface area (Å²) < 4.78 is 5.85. The molecule has 3 aromatic rings. The zero-order valence-corrected chi connectivity index (χ0v) is 15.5. The Balaban J connectivity index is 1.55. The Labute approximate surface area is 167 Å². The lowest BCUT2D eigenvalue weighted by Crippen LogP contribution is -2.19. The highest BCUT2D eigenvalue weighted by Crippen LogP contribution is 2.17. The van der Waals surface area contributed by atoms with Crippen molar-refractivity contribution in [3.8, 4) is 5.75 Å². The summed E-state index contributed by atoms with van der Waals surface area (Å²) in [5.74, 6) is 0.336. The minimum Gasteiger partial charge on any atom is -0.488 e. The van der Waals surface area contributed by atoms with E-state index in [0.29, 0.717) is 17.9 Å². The van der Waals surface area contributed by atoms with Gasteiger partial charge in [-0.25, -0.2) is 5.43 Å². The molecule has 0 radical (unpaired) electrons. The van der Waals surface area contributed by atoms with Crippen molar-refractivity contribution in [1.82, 2.24) is 5.43 Å². The fourth-order valence-electron chi connectivity index (χ4n) is 2.59. The van der Waals surface area contributed by atoms with Gasteiger partial charge in [-0.1, -0.05) is 54.6 Å². The monoisotopic (exact) mass is 389 g/mol. The molecular weight excluding hydrogens is 370 g/mol. The van der Waals surface area contributed by atoms with Gasteiger partial charge in [0.25, 0.3) is 5.69 Å². The molecule has 0 bridgehead atoms. The Hall–Kier alpha value is -4.00. The largest absolute Gasteiger partial charge is 0.488 e. The first kappa shape index (κ1) is 19.8. The predicted octanol–water partition coefficient (Wildman–Crippen LogP) is 3.87. The third kappa shape index (κ3) is 6.00. The maximum Gasteiger partial charge on any atom is 0.269 e. The second kappa shape index (κ2) is 9.80. The van der Waals surface area contributed by atoms with Gasteiger partial charge in [0, 0.05) is 17.7 Å². The number of ether oxygens (including phenoxy) is 1. The van der Waals surface area contributed by atoms with Crippen LogP contribution >= 0.6 is 0 Å². The van der Waals surface area contributed by atoms with Crippen LogP contribution in [0.1, 0.15) is 16.7 Å². The van der Waals surface area contributed by atoms with Crippen molar-refractivity contribution in [2.45, 2.75) is 13.0 Å². The molecule has 0 aliphatic carbocycles. The molecule has 0 aromatic heterocycles. The first-order valence-electron chi connectivity index (χ1n) is 8.93. The smallest absolute Gasteiger partial charge is 0.269 e. The number of nitrogens with zero attached hydrogens (tertiary/aromatic N) is 2. The van der Waals surface area contributed by atoms with Gasteiger partial charge in [0.2, 0.25) is 5.91 Å². The first-order chi connectivity index (χ1) is 14.1. The van der Waals surface area contributed by atoms with E-state index in [1.807, 2.05) is 54.6 Å². The van der Waals surface area contributed by atoms with Crippen molar-refractivity contribution in [3.05, 3.63) is 106 Å². The lowest BCUT2D eigenvalue weighted by Gasteiger charge is -2.09. The van der Waals surface area contributed by atoms with Gasteiger partial charge in [-0.05, 0) is 23.3 Å². The fraction of sp³-hybridized carbons (Fsp3) is 0.0909. The summed E-state index contributed by atoms with van der Waals surface area (Å²) in [7, 11) is 0. The topological polar surface area (TPSA) is 93.8 Å². The summed E-state index contributed by atoms with van der Waals surface area (Å²) in [4.78, 5) is 22.2. The third-order valence-corrected chi connectivity index (χ3v) is 4.06. The molecule has 0 fully saturated rings. The van der Waals surface area contributed by atoms with Crippen LogP contribution < -0.4 is 10.2 Å². The Bertz CT molecular complexity index is 1000. The van der Waals surface area contributed by atoms with Gasteiger partial charge in [0.15, 0.2) is 0 Å². The van der Waals surface area contributed by atoms with E-state index in [4.69, 9.17) is 4.74 Å². The van der Waals surface area contributed by atoms with Gasteiger partial charge < -0.3 is 4.74 Å². The van der Waals surface area contributed by atoms with Gasteiger partial charge in [0.1, 0.15) is 12.4 Å². The van der Waals surface area contributed by atoms with Gasteiger partial charge in [-0.3, -0.25) is 14.9 Å². The lowest BCUT2D eigenvalue weighted by atomic mass is 10.1. The number of non-ortho nitro benzene ring substituents is 1. The number of carbonyl (C=O) groups excluding carboxylic acids is 1. The quantitative estimate of drug-likeness (QED) is 0.359. The second-order valence-corrected chi connectivity index (χ2v) is 6.21. The van der Waals surface area contributed by atoms with Gasteiger partial charge in [-0.2, -0.15) is 5.10 Å². The van der Waals surface area contributed by atoms with Crippen molar-refractivity contribution in [2.75, 3.05) is 0 Å². The fourth-order valence-corrected chi connectivity index (χ4v) is 2.59. The summed E-state index contributed by atoms with van der Waals surface area (Å²) in [6.07, 6.45) is 1.59. The molecule has 0 atom stereocenters. The molecule has 0 aliphatic heterocycles. The Morgan fingerprint density at radius 3 is 2.38 bits per heavy atom. The Morgan fingerprint density at radius 2 is 1.66 bits per heavy atom. The number of benzene rings is 3. The third-order valence-electron chi connectivity index (χ3n) is 4.06. The number of nitro groups is 1. The SMILES string of the molecule is O=C(Cc1ccc([N+](=O)[O-])cc1)N/N=C/c1ccccc1OCc1ccccc1. The highest BCUT2D eigenvalue weighted by Gasteiger charge is 2.07. The van der Waals surface area contributed by atoms with E-state index in [1.54, 1.807) is 12.1 Å². The van der Waals surface area contributed by atoms with E-state index >= 15 is 0 Å². The molecule has 146 valence electrons. The number of hydrogen-bond donors (Lipinski definition) is 1. The van der Waals surface area contributed by atoms with Crippen molar-refractivity contribution in [3.63, 3.8) is 0 Å². The van der Waals surface area contributed by atoms with E-state index in [2.05, 4.69) is 10.5 Å². The summed E-state index contributed by atoms with van der Waals surface area (Å²) >= 11 is 0. The van der Waals surface area contributed by atoms with Crippen LogP contribution in [0.4, 0.5) is 5.69 Å². The molecular formula is C22H19N3O4. The normalized spacial score (nSPS) is 10.6. The number of hydrogen-bond acceptors (Lipinski definition) is 5. The van der Waals surface area contributed by atoms with E-state index in [0.717, 1.165) is 11.1 Å². The average Bonchev–Trinajstić information content (AvgIpc) is 2.74. The van der Waals surface area contributed by atoms with Crippen molar-refractivity contribution >= 4 is 17.8 Å². The number of para-hydroxylation sites is 1. The van der Waals surface area contributed by atoms with Crippen LogP contribution in [0.2, 0.25) is 0 Å². The van der Waals surface area contributed by atoms with Gasteiger partial charge >= 0.3 is 0 Å². The van der Waals surface area contributed by atoms with E-state index in [-0.39, 0.29) is 18.0 Å². The average molecular weight is 389 g/mol. The summed E-state index contributed by atoms with van der Waals surface area (Å²) in [6.45, 7) is 0.429. The van der Waals surface area contributed by atoms with Crippen LogP contribution in [0, 0.1) is 10.1 Å². The van der Waals surface area contributed by atoms with Crippen LogP contribution in [0.25, 0.3) is 0 Å². The maximum absolute atomic E-state index is 12.0. The molecule has 7 heteroatoms. The molecule has 1 amide bonds. The van der Waals surface area contributed by atoms with Crippen molar-refractivity contribution in [1.29, 1.82) is 0 Å². The van der Waals surface area contributed by atoms with Crippen LogP contribution in [-0.4, -0.2) is 17.0 Å². The minimum absolute atomic E-state index is 0.0145. The predicted molar refractivity (Wildman–Crippen MR) is 110 cm³/mol. The van der Waals surface area contributed by atoms with E-state index in [9.17, 15) is 14.9 Å². The van der Waals surface area contributed by atoms with E-state index < -0.39 is 4.92 Å². The van der Waals surface area contributed by atoms with Gasteiger partial charge in [-0.15, -0.1) is 0 Å². The zero-order valence-electron chi connectivity index (χ0n) is 15.5. The molecule has 0 saturated carbocycles. The van der Waals surface area contributed by atoms with Crippen LogP contribution in [0.5, 0.6) is 5.75 Å². The number of rotatable bonds is 8. The van der Waals surface area contributed by atoms with Crippen molar-refractivity contribution < 1.29 is 14.5 Å². The number of nitrogens with one attached hydrogen (secondary N) is 1. The molecule has 0 aliphatic rings. The van der Waals surface area contributed by atoms with Crippen molar-refractivity contribution in [2.24, 2.45) is 5.10 Å². The highest BCUT2D eigenvalue weighted by molar-refractivity contribution is 5.85.